The summed E-state index contributed by atoms with van der Waals surface area (Å²) in [4.78, 5) is 14.2. The van der Waals surface area contributed by atoms with Crippen LogP contribution in [0.4, 0.5) is 0 Å². The quantitative estimate of drug-likeness (QED) is 0.595. The molecule has 0 aliphatic carbocycles. The highest BCUT2D eigenvalue weighted by molar-refractivity contribution is 9.10. The van der Waals surface area contributed by atoms with E-state index in [1.165, 1.54) is 0 Å². The molecule has 5 heteroatoms. The lowest BCUT2D eigenvalue weighted by atomic mass is 10.1. The number of Topliss-reactive ketones (excluding diaryl/α,β-unsaturated/α-hetero) is 1. The normalized spacial score (nSPS) is 17.8. The summed E-state index contributed by atoms with van der Waals surface area (Å²) in [5.74, 6) is 0.150. The van der Waals surface area contributed by atoms with E-state index >= 15 is 0 Å². The SMILES string of the molecule is Br.O=C(c1ccccc1)C(Br)CN1CCOCC1. The van der Waals surface area contributed by atoms with Crippen molar-refractivity contribution in [2.45, 2.75) is 4.83 Å². The number of ketones is 1. The standard InChI is InChI=1S/C13H16BrNO2.BrH/c14-12(10-15-6-8-17-9-7-15)13(16)11-4-2-1-3-5-11;/h1-5,12H,6-10H2;1H. The lowest BCUT2D eigenvalue weighted by Crippen LogP contribution is -2.41. The van der Waals surface area contributed by atoms with Gasteiger partial charge in [-0.25, -0.2) is 0 Å². The molecule has 1 unspecified atom stereocenters. The Morgan fingerprint density at radius 1 is 1.28 bits per heavy atom. The van der Waals surface area contributed by atoms with Crippen LogP contribution < -0.4 is 0 Å². The fraction of sp³-hybridized carbons (Fsp3) is 0.462. The molecular formula is C13H17Br2NO2. The third-order valence-corrected chi connectivity index (χ3v) is 3.57. The minimum atomic E-state index is -0.136. The van der Waals surface area contributed by atoms with Gasteiger partial charge < -0.3 is 4.74 Å². The van der Waals surface area contributed by atoms with Crippen molar-refractivity contribution in [3.63, 3.8) is 0 Å². The molecule has 0 radical (unpaired) electrons. The highest BCUT2D eigenvalue weighted by Gasteiger charge is 2.21. The Balaban J connectivity index is 0.00000162. The molecule has 100 valence electrons. The molecule has 1 aliphatic rings. The number of halogens is 2. The second-order valence-corrected chi connectivity index (χ2v) is 5.22. The van der Waals surface area contributed by atoms with Gasteiger partial charge in [0.05, 0.1) is 18.0 Å². The van der Waals surface area contributed by atoms with Gasteiger partial charge in [0.25, 0.3) is 0 Å². The Kier molecular flexibility index (Phi) is 7.07. The molecular weight excluding hydrogens is 362 g/mol. The van der Waals surface area contributed by atoms with E-state index in [1.807, 2.05) is 30.3 Å². The van der Waals surface area contributed by atoms with Gasteiger partial charge in [-0.15, -0.1) is 17.0 Å². The smallest absolute Gasteiger partial charge is 0.177 e. The topological polar surface area (TPSA) is 29.5 Å². The van der Waals surface area contributed by atoms with E-state index in [-0.39, 0.29) is 27.6 Å². The van der Waals surface area contributed by atoms with E-state index in [0.717, 1.165) is 38.4 Å². The lowest BCUT2D eigenvalue weighted by molar-refractivity contribution is 0.0379. The number of ether oxygens (including phenoxy) is 1. The number of morpholine rings is 1. The first kappa shape index (κ1) is 15.8. The molecule has 1 fully saturated rings. The van der Waals surface area contributed by atoms with Crippen molar-refractivity contribution in [2.24, 2.45) is 0 Å². The molecule has 0 bridgehead atoms. The van der Waals surface area contributed by atoms with Crippen LogP contribution in [0.15, 0.2) is 30.3 Å². The molecule has 1 aromatic rings. The summed E-state index contributed by atoms with van der Waals surface area (Å²) < 4.78 is 5.28. The number of carbonyl (C=O) groups excluding carboxylic acids is 1. The Hall–Kier alpha value is -0.230. The van der Waals surface area contributed by atoms with Crippen LogP contribution >= 0.6 is 32.9 Å². The summed E-state index contributed by atoms with van der Waals surface area (Å²) in [7, 11) is 0. The average molecular weight is 379 g/mol. The maximum absolute atomic E-state index is 12.1. The van der Waals surface area contributed by atoms with Gasteiger partial charge >= 0.3 is 0 Å². The van der Waals surface area contributed by atoms with Crippen LogP contribution in [0.2, 0.25) is 0 Å². The number of nitrogens with zero attached hydrogens (tertiary/aromatic N) is 1. The number of hydrogen-bond acceptors (Lipinski definition) is 3. The van der Waals surface area contributed by atoms with E-state index < -0.39 is 0 Å². The maximum atomic E-state index is 12.1. The zero-order valence-electron chi connectivity index (χ0n) is 10.0. The van der Waals surface area contributed by atoms with Crippen LogP contribution in [-0.4, -0.2) is 48.4 Å². The van der Waals surface area contributed by atoms with Crippen LogP contribution in [-0.2, 0) is 4.74 Å². The largest absolute Gasteiger partial charge is 0.379 e. The van der Waals surface area contributed by atoms with Crippen molar-refractivity contribution in [1.82, 2.24) is 4.90 Å². The fourth-order valence-corrected chi connectivity index (χ4v) is 2.55. The van der Waals surface area contributed by atoms with Gasteiger partial charge in [-0.1, -0.05) is 46.3 Å². The van der Waals surface area contributed by atoms with Gasteiger partial charge in [0.15, 0.2) is 5.78 Å². The van der Waals surface area contributed by atoms with E-state index in [9.17, 15) is 4.79 Å². The fourth-order valence-electron chi connectivity index (χ4n) is 1.88. The molecule has 0 saturated carbocycles. The predicted octanol–water partition coefficient (Wildman–Crippen LogP) is 2.54. The van der Waals surface area contributed by atoms with E-state index in [1.54, 1.807) is 0 Å². The summed E-state index contributed by atoms with van der Waals surface area (Å²) in [6.45, 7) is 4.09. The summed E-state index contributed by atoms with van der Waals surface area (Å²) in [6, 6.07) is 9.41. The van der Waals surface area contributed by atoms with Crippen LogP contribution in [0.25, 0.3) is 0 Å². The molecule has 3 nitrogen and oxygen atoms in total. The van der Waals surface area contributed by atoms with Gasteiger partial charge in [0.1, 0.15) is 0 Å². The molecule has 0 N–H and O–H groups in total. The number of carbonyl (C=O) groups is 1. The maximum Gasteiger partial charge on any atom is 0.177 e. The molecule has 0 amide bonds. The summed E-state index contributed by atoms with van der Waals surface area (Å²) in [5, 5.41) is 0. The molecule has 2 rings (SSSR count). The highest BCUT2D eigenvalue weighted by atomic mass is 79.9. The number of alkyl halides is 1. The lowest BCUT2D eigenvalue weighted by Gasteiger charge is -2.28. The van der Waals surface area contributed by atoms with Gasteiger partial charge in [-0.2, -0.15) is 0 Å². The minimum absolute atomic E-state index is 0. The molecule has 0 aromatic heterocycles. The first-order valence-electron chi connectivity index (χ1n) is 5.81. The first-order chi connectivity index (χ1) is 8.27. The van der Waals surface area contributed by atoms with Crippen molar-refractivity contribution in [2.75, 3.05) is 32.8 Å². The summed E-state index contributed by atoms with van der Waals surface area (Å²) in [5.41, 5.74) is 0.766. The van der Waals surface area contributed by atoms with E-state index in [2.05, 4.69) is 20.8 Å². The predicted molar refractivity (Wildman–Crippen MR) is 81.1 cm³/mol. The van der Waals surface area contributed by atoms with E-state index in [0.29, 0.717) is 0 Å². The van der Waals surface area contributed by atoms with Gasteiger partial charge in [0.2, 0.25) is 0 Å². The number of rotatable bonds is 4. The zero-order chi connectivity index (χ0) is 12.1. The number of benzene rings is 1. The van der Waals surface area contributed by atoms with Crippen molar-refractivity contribution in [1.29, 1.82) is 0 Å². The van der Waals surface area contributed by atoms with Crippen LogP contribution in [0.3, 0.4) is 0 Å². The number of hydrogen-bond donors (Lipinski definition) is 0. The molecule has 1 aromatic carbocycles. The van der Waals surface area contributed by atoms with Crippen molar-refractivity contribution in [3.05, 3.63) is 35.9 Å². The Labute approximate surface area is 126 Å². The summed E-state index contributed by atoms with van der Waals surface area (Å²) >= 11 is 3.48. The van der Waals surface area contributed by atoms with Crippen molar-refractivity contribution in [3.8, 4) is 0 Å². The molecule has 0 spiro atoms. The summed E-state index contributed by atoms with van der Waals surface area (Å²) in [6.07, 6.45) is 0. The molecule has 1 atom stereocenters. The molecule has 1 heterocycles. The third-order valence-electron chi connectivity index (χ3n) is 2.86. The van der Waals surface area contributed by atoms with Crippen LogP contribution in [0.1, 0.15) is 10.4 Å². The van der Waals surface area contributed by atoms with Crippen molar-refractivity contribution >= 4 is 38.7 Å². The molecule has 1 aliphatic heterocycles. The second-order valence-electron chi connectivity index (χ2n) is 4.11. The average Bonchev–Trinajstić information content (AvgIpc) is 2.40. The van der Waals surface area contributed by atoms with Gasteiger partial charge in [-0.3, -0.25) is 9.69 Å². The molecule has 1 saturated heterocycles. The van der Waals surface area contributed by atoms with Crippen molar-refractivity contribution < 1.29 is 9.53 Å². The molecule has 18 heavy (non-hydrogen) atoms. The second kappa shape index (κ2) is 8.04. The minimum Gasteiger partial charge on any atom is -0.379 e. The monoisotopic (exact) mass is 377 g/mol. The van der Waals surface area contributed by atoms with Gasteiger partial charge in [0, 0.05) is 25.2 Å². The highest BCUT2D eigenvalue weighted by Crippen LogP contribution is 2.12. The zero-order valence-corrected chi connectivity index (χ0v) is 13.3. The first-order valence-corrected chi connectivity index (χ1v) is 6.72. The Morgan fingerprint density at radius 2 is 1.89 bits per heavy atom. The third kappa shape index (κ3) is 4.46. The Morgan fingerprint density at radius 3 is 2.50 bits per heavy atom. The van der Waals surface area contributed by atoms with E-state index in [4.69, 9.17) is 4.74 Å². The Bertz CT molecular complexity index is 367. The van der Waals surface area contributed by atoms with Gasteiger partial charge in [-0.05, 0) is 0 Å². The van der Waals surface area contributed by atoms with Crippen LogP contribution in [0.5, 0.6) is 0 Å². The van der Waals surface area contributed by atoms with Crippen LogP contribution in [0, 0.1) is 0 Å².